The van der Waals surface area contributed by atoms with Gasteiger partial charge in [-0.1, -0.05) is 78.7 Å². The zero-order valence-corrected chi connectivity index (χ0v) is 20.0. The van der Waals surface area contributed by atoms with Gasteiger partial charge in [-0.15, -0.1) is 0 Å². The van der Waals surface area contributed by atoms with E-state index in [0.717, 1.165) is 28.7 Å². The molecule has 0 saturated carbocycles. The smallest absolute Gasteiger partial charge is 0.255 e. The van der Waals surface area contributed by atoms with Gasteiger partial charge in [0.2, 0.25) is 10.0 Å². The van der Waals surface area contributed by atoms with E-state index in [0.29, 0.717) is 0 Å². The second-order valence-corrected chi connectivity index (χ2v) is 9.90. The van der Waals surface area contributed by atoms with Crippen molar-refractivity contribution < 1.29 is 13.2 Å². The van der Waals surface area contributed by atoms with E-state index >= 15 is 0 Å². The largest absolute Gasteiger partial charge is 0.272 e. The second kappa shape index (κ2) is 11.0. The molecule has 6 nitrogen and oxygen atoms in total. The number of amides is 1. The molecule has 0 aliphatic carbocycles. The molecular formula is C26H29N3O3S. The maximum Gasteiger partial charge on any atom is 0.255 e. The third-order valence-corrected chi connectivity index (χ3v) is 7.06. The highest BCUT2D eigenvalue weighted by molar-refractivity contribution is 7.89. The molecule has 33 heavy (non-hydrogen) atoms. The van der Waals surface area contributed by atoms with Crippen molar-refractivity contribution in [1.82, 2.24) is 9.73 Å². The summed E-state index contributed by atoms with van der Waals surface area (Å²) in [5.74, 6) is -0.515. The maximum absolute atomic E-state index is 13.3. The summed E-state index contributed by atoms with van der Waals surface area (Å²) in [6.45, 7) is 5.66. The SMILES string of the molecule is CCc1ccc(/C=N\NC(=O)CN(Cc2ccc(C)cc2)S(=O)(=O)c2ccc(C)cc2)cc1. The van der Waals surface area contributed by atoms with E-state index in [1.54, 1.807) is 24.3 Å². The summed E-state index contributed by atoms with van der Waals surface area (Å²) in [6, 6.07) is 22.0. The lowest BCUT2D eigenvalue weighted by Gasteiger charge is -2.21. The molecule has 0 atom stereocenters. The maximum atomic E-state index is 13.3. The molecule has 0 aliphatic heterocycles. The highest BCUT2D eigenvalue weighted by Gasteiger charge is 2.26. The normalized spacial score (nSPS) is 11.8. The molecule has 0 aliphatic rings. The zero-order valence-electron chi connectivity index (χ0n) is 19.2. The first-order valence-electron chi connectivity index (χ1n) is 10.8. The monoisotopic (exact) mass is 463 g/mol. The highest BCUT2D eigenvalue weighted by atomic mass is 32.2. The lowest BCUT2D eigenvalue weighted by atomic mass is 10.1. The van der Waals surface area contributed by atoms with E-state index < -0.39 is 15.9 Å². The summed E-state index contributed by atoms with van der Waals surface area (Å²) < 4.78 is 27.8. The Morgan fingerprint density at radius 2 is 1.42 bits per heavy atom. The number of carbonyl (C=O) groups is 1. The molecule has 3 rings (SSSR count). The van der Waals surface area contributed by atoms with Gasteiger partial charge >= 0.3 is 0 Å². The number of hydrogen-bond donors (Lipinski definition) is 1. The third kappa shape index (κ3) is 6.84. The molecular weight excluding hydrogens is 434 g/mol. The van der Waals surface area contributed by atoms with Crippen molar-refractivity contribution in [3.05, 3.63) is 101 Å². The van der Waals surface area contributed by atoms with E-state index in [1.807, 2.05) is 62.4 Å². The molecule has 0 aromatic heterocycles. The molecule has 0 heterocycles. The Morgan fingerprint density at radius 3 is 2.00 bits per heavy atom. The first kappa shape index (κ1) is 24.4. The van der Waals surface area contributed by atoms with Gasteiger partial charge in [0.05, 0.1) is 17.7 Å². The van der Waals surface area contributed by atoms with Crippen molar-refractivity contribution in [3.63, 3.8) is 0 Å². The van der Waals surface area contributed by atoms with Crippen LogP contribution in [0.25, 0.3) is 0 Å². The summed E-state index contributed by atoms with van der Waals surface area (Å²) in [6.07, 6.45) is 2.48. The Labute approximate surface area is 196 Å². The molecule has 0 saturated heterocycles. The highest BCUT2D eigenvalue weighted by Crippen LogP contribution is 2.19. The first-order chi connectivity index (χ1) is 15.8. The average Bonchev–Trinajstić information content (AvgIpc) is 2.81. The van der Waals surface area contributed by atoms with Crippen molar-refractivity contribution in [3.8, 4) is 0 Å². The minimum absolute atomic E-state index is 0.0755. The van der Waals surface area contributed by atoms with Gasteiger partial charge in [0, 0.05) is 6.54 Å². The van der Waals surface area contributed by atoms with E-state index in [1.165, 1.54) is 16.1 Å². The van der Waals surface area contributed by atoms with E-state index in [9.17, 15) is 13.2 Å². The molecule has 1 amide bonds. The van der Waals surface area contributed by atoms with Crippen molar-refractivity contribution in [2.75, 3.05) is 6.54 Å². The van der Waals surface area contributed by atoms with Gasteiger partial charge in [0.25, 0.3) is 5.91 Å². The Balaban J connectivity index is 1.76. The van der Waals surface area contributed by atoms with Gasteiger partial charge in [-0.3, -0.25) is 4.79 Å². The fourth-order valence-corrected chi connectivity index (χ4v) is 4.58. The lowest BCUT2D eigenvalue weighted by Crippen LogP contribution is -2.39. The Kier molecular flexibility index (Phi) is 8.14. The number of benzene rings is 3. The molecule has 3 aromatic rings. The zero-order chi connectivity index (χ0) is 23.8. The average molecular weight is 464 g/mol. The standard InChI is InChI=1S/C26H29N3O3S/c1-4-22-11-13-23(14-12-22)17-27-28-26(30)19-29(18-24-9-5-20(2)6-10-24)33(31,32)25-15-7-21(3)8-16-25/h5-17H,4,18-19H2,1-3H3,(H,28,30)/b27-17-. The Bertz CT molecular complexity index is 1200. The van der Waals surface area contributed by atoms with Gasteiger partial charge in [-0.2, -0.15) is 9.41 Å². The number of nitrogens with zero attached hydrogens (tertiary/aromatic N) is 2. The summed E-state index contributed by atoms with van der Waals surface area (Å²) in [5, 5.41) is 3.99. The summed E-state index contributed by atoms with van der Waals surface area (Å²) in [5.41, 5.74) is 7.32. The predicted octanol–water partition coefficient (Wildman–Crippen LogP) is 4.21. The van der Waals surface area contributed by atoms with Gasteiger partial charge in [-0.05, 0) is 49.1 Å². The number of aryl methyl sites for hydroxylation is 3. The number of carbonyl (C=O) groups excluding carboxylic acids is 1. The molecule has 7 heteroatoms. The van der Waals surface area contributed by atoms with Crippen molar-refractivity contribution in [2.24, 2.45) is 5.10 Å². The van der Waals surface area contributed by atoms with Crippen molar-refractivity contribution in [1.29, 1.82) is 0 Å². The topological polar surface area (TPSA) is 78.8 Å². The molecule has 0 spiro atoms. The van der Waals surface area contributed by atoms with Crippen LogP contribution in [0.1, 0.15) is 34.7 Å². The van der Waals surface area contributed by atoms with Crippen LogP contribution in [0, 0.1) is 13.8 Å². The van der Waals surface area contributed by atoms with Crippen molar-refractivity contribution in [2.45, 2.75) is 38.6 Å². The minimum atomic E-state index is -3.89. The first-order valence-corrected chi connectivity index (χ1v) is 12.2. The van der Waals surface area contributed by atoms with Gasteiger partial charge < -0.3 is 0 Å². The molecule has 0 fully saturated rings. The third-order valence-electron chi connectivity index (χ3n) is 5.25. The quantitative estimate of drug-likeness (QED) is 0.381. The van der Waals surface area contributed by atoms with Crippen LogP contribution in [-0.4, -0.2) is 31.4 Å². The summed E-state index contributed by atoms with van der Waals surface area (Å²) >= 11 is 0. The van der Waals surface area contributed by atoms with Gasteiger partial charge in [0.15, 0.2) is 0 Å². The van der Waals surface area contributed by atoms with Crippen LogP contribution in [0.2, 0.25) is 0 Å². The molecule has 172 valence electrons. The molecule has 1 N–H and O–H groups in total. The molecule has 3 aromatic carbocycles. The number of nitrogens with one attached hydrogen (secondary N) is 1. The fourth-order valence-electron chi connectivity index (χ4n) is 3.20. The minimum Gasteiger partial charge on any atom is -0.272 e. The Morgan fingerprint density at radius 1 is 0.879 bits per heavy atom. The number of rotatable bonds is 9. The van der Waals surface area contributed by atoms with E-state index in [4.69, 9.17) is 0 Å². The van der Waals surface area contributed by atoms with E-state index in [-0.39, 0.29) is 18.0 Å². The molecule has 0 unspecified atom stereocenters. The van der Waals surface area contributed by atoms with Crippen LogP contribution in [0.15, 0.2) is 82.8 Å². The molecule has 0 bridgehead atoms. The van der Waals surface area contributed by atoms with Crippen molar-refractivity contribution >= 4 is 22.1 Å². The number of sulfonamides is 1. The summed E-state index contributed by atoms with van der Waals surface area (Å²) in [4.78, 5) is 12.7. The summed E-state index contributed by atoms with van der Waals surface area (Å²) in [7, 11) is -3.89. The lowest BCUT2D eigenvalue weighted by molar-refractivity contribution is -0.121. The second-order valence-electron chi connectivity index (χ2n) is 7.96. The van der Waals surface area contributed by atoms with Crippen LogP contribution in [0.5, 0.6) is 0 Å². The number of hydrogen-bond acceptors (Lipinski definition) is 4. The Hall–Kier alpha value is -3.29. The van der Waals surface area contributed by atoms with Gasteiger partial charge in [-0.25, -0.2) is 13.8 Å². The van der Waals surface area contributed by atoms with E-state index in [2.05, 4.69) is 17.5 Å². The predicted molar refractivity (Wildman–Crippen MR) is 132 cm³/mol. The van der Waals surface area contributed by atoms with Crippen LogP contribution in [-0.2, 0) is 27.8 Å². The molecule has 0 radical (unpaired) electrons. The number of hydrazone groups is 1. The van der Waals surface area contributed by atoms with Crippen LogP contribution >= 0.6 is 0 Å². The fraction of sp³-hybridized carbons (Fsp3) is 0.231. The van der Waals surface area contributed by atoms with Gasteiger partial charge in [0.1, 0.15) is 0 Å². The van der Waals surface area contributed by atoms with Crippen LogP contribution in [0.3, 0.4) is 0 Å². The van der Waals surface area contributed by atoms with Crippen LogP contribution < -0.4 is 5.43 Å². The van der Waals surface area contributed by atoms with Crippen LogP contribution in [0.4, 0.5) is 0 Å².